The van der Waals surface area contributed by atoms with Crippen LogP contribution >= 0.6 is 0 Å². The van der Waals surface area contributed by atoms with E-state index in [9.17, 15) is 13.6 Å². The van der Waals surface area contributed by atoms with Crippen LogP contribution in [0.3, 0.4) is 0 Å². The summed E-state index contributed by atoms with van der Waals surface area (Å²) < 4.78 is 27.4. The third-order valence-corrected chi connectivity index (χ3v) is 3.51. The molecule has 2 unspecified atom stereocenters. The average molecular weight is 268 g/mol. The molecule has 2 rings (SSSR count). The summed E-state index contributed by atoms with van der Waals surface area (Å²) in [6.07, 6.45) is 1.75. The molecule has 0 aromatic heterocycles. The first kappa shape index (κ1) is 13.9. The summed E-state index contributed by atoms with van der Waals surface area (Å²) in [5.41, 5.74) is -0.222. The fourth-order valence-corrected chi connectivity index (χ4v) is 2.24. The van der Waals surface area contributed by atoms with Crippen molar-refractivity contribution in [3.05, 3.63) is 34.9 Å². The highest BCUT2D eigenvalue weighted by Crippen LogP contribution is 2.17. The highest BCUT2D eigenvalue weighted by Gasteiger charge is 2.24. The van der Waals surface area contributed by atoms with E-state index < -0.39 is 23.1 Å². The third kappa shape index (κ3) is 3.10. The monoisotopic (exact) mass is 268 g/mol. The maximum atomic E-state index is 13.8. The molecule has 0 bridgehead atoms. The van der Waals surface area contributed by atoms with Crippen molar-refractivity contribution >= 4 is 5.91 Å². The molecule has 1 aliphatic rings. The quantitative estimate of drug-likeness (QED) is 0.863. The number of carbonyl (C=O) groups excluding carboxylic acids is 1. The molecule has 104 valence electrons. The Morgan fingerprint density at radius 3 is 2.74 bits per heavy atom. The molecular weight excluding hydrogens is 250 g/mol. The predicted molar refractivity (Wildman–Crippen MR) is 69.0 cm³/mol. The van der Waals surface area contributed by atoms with Crippen molar-refractivity contribution in [1.29, 1.82) is 0 Å². The fourth-order valence-electron chi connectivity index (χ4n) is 2.24. The van der Waals surface area contributed by atoms with Gasteiger partial charge in [-0.2, -0.15) is 0 Å². The van der Waals surface area contributed by atoms with E-state index in [1.807, 2.05) is 0 Å². The second-order valence-electron chi connectivity index (χ2n) is 5.11. The van der Waals surface area contributed by atoms with Gasteiger partial charge in [-0.25, -0.2) is 8.78 Å². The van der Waals surface area contributed by atoms with Gasteiger partial charge in [-0.1, -0.05) is 6.07 Å². The van der Waals surface area contributed by atoms with Crippen LogP contribution in [0.2, 0.25) is 0 Å². The van der Waals surface area contributed by atoms with Gasteiger partial charge in [-0.05, 0) is 38.3 Å². The van der Waals surface area contributed by atoms with Gasteiger partial charge in [0.1, 0.15) is 17.2 Å². The summed E-state index contributed by atoms with van der Waals surface area (Å²) in [6, 6.07) is 2.78. The molecule has 5 heteroatoms. The van der Waals surface area contributed by atoms with E-state index in [0.717, 1.165) is 18.9 Å². The molecule has 0 saturated carbocycles. The molecule has 2 atom stereocenters. The number of amides is 1. The molecule has 0 radical (unpaired) electrons. The lowest BCUT2D eigenvalue weighted by Gasteiger charge is -2.28. The van der Waals surface area contributed by atoms with E-state index in [-0.39, 0.29) is 11.6 Å². The van der Waals surface area contributed by atoms with E-state index in [1.165, 1.54) is 13.0 Å². The van der Waals surface area contributed by atoms with Gasteiger partial charge in [-0.15, -0.1) is 0 Å². The minimum absolute atomic E-state index is 0.0805. The van der Waals surface area contributed by atoms with Gasteiger partial charge in [0.2, 0.25) is 0 Å². The molecule has 2 N–H and O–H groups in total. The topological polar surface area (TPSA) is 41.1 Å². The molecule has 1 fully saturated rings. The van der Waals surface area contributed by atoms with E-state index >= 15 is 0 Å². The fraction of sp³-hybridized carbons (Fsp3) is 0.500. The number of halogens is 2. The van der Waals surface area contributed by atoms with Crippen LogP contribution in [0.1, 0.15) is 35.7 Å². The van der Waals surface area contributed by atoms with Crippen LogP contribution in [0.5, 0.6) is 0 Å². The van der Waals surface area contributed by atoms with Crippen molar-refractivity contribution in [1.82, 2.24) is 10.6 Å². The predicted octanol–water partition coefficient (Wildman–Crippen LogP) is 2.14. The number of piperidine rings is 1. The lowest BCUT2D eigenvalue weighted by Crippen LogP contribution is -2.48. The van der Waals surface area contributed by atoms with Crippen LogP contribution in [0.15, 0.2) is 12.1 Å². The Labute approximate surface area is 111 Å². The van der Waals surface area contributed by atoms with Gasteiger partial charge >= 0.3 is 0 Å². The maximum Gasteiger partial charge on any atom is 0.257 e. The number of carbonyl (C=O) groups is 1. The molecular formula is C14H18F2N2O. The van der Waals surface area contributed by atoms with E-state index in [4.69, 9.17) is 0 Å². The number of hydrogen-bond acceptors (Lipinski definition) is 2. The Kier molecular flexibility index (Phi) is 4.14. The maximum absolute atomic E-state index is 13.8. The zero-order valence-electron chi connectivity index (χ0n) is 11.1. The van der Waals surface area contributed by atoms with Gasteiger partial charge in [0.05, 0.1) is 0 Å². The summed E-state index contributed by atoms with van der Waals surface area (Å²) in [7, 11) is 0. The second kappa shape index (κ2) is 5.65. The Morgan fingerprint density at radius 2 is 2.11 bits per heavy atom. The first-order valence-electron chi connectivity index (χ1n) is 6.48. The van der Waals surface area contributed by atoms with Crippen molar-refractivity contribution in [2.75, 3.05) is 6.54 Å². The minimum atomic E-state index is -0.822. The molecule has 1 saturated heterocycles. The smallest absolute Gasteiger partial charge is 0.257 e. The van der Waals surface area contributed by atoms with Crippen LogP contribution < -0.4 is 10.6 Å². The van der Waals surface area contributed by atoms with Crippen LogP contribution in [0, 0.1) is 18.6 Å². The lowest BCUT2D eigenvalue weighted by atomic mass is 10.0. The Bertz CT molecular complexity index is 483. The van der Waals surface area contributed by atoms with Crippen molar-refractivity contribution in [2.24, 2.45) is 0 Å². The van der Waals surface area contributed by atoms with Crippen molar-refractivity contribution in [2.45, 2.75) is 38.8 Å². The molecule has 19 heavy (non-hydrogen) atoms. The average Bonchev–Trinajstić information content (AvgIpc) is 2.37. The first-order valence-corrected chi connectivity index (χ1v) is 6.48. The summed E-state index contributed by atoms with van der Waals surface area (Å²) in [4.78, 5) is 12.0. The number of benzene rings is 1. The van der Waals surface area contributed by atoms with Gasteiger partial charge in [0, 0.05) is 18.6 Å². The third-order valence-electron chi connectivity index (χ3n) is 3.51. The van der Waals surface area contributed by atoms with Crippen LogP contribution in [0.25, 0.3) is 0 Å². The van der Waals surface area contributed by atoms with E-state index in [2.05, 4.69) is 17.6 Å². The summed E-state index contributed by atoms with van der Waals surface area (Å²) >= 11 is 0. The molecule has 3 nitrogen and oxygen atoms in total. The van der Waals surface area contributed by atoms with Crippen molar-refractivity contribution in [3.63, 3.8) is 0 Å². The number of hydrogen-bond donors (Lipinski definition) is 2. The molecule has 1 aromatic carbocycles. The molecule has 0 spiro atoms. The SMILES string of the molecule is Cc1ccc(F)c(C(=O)NC2CCC(C)NC2)c1F. The van der Waals surface area contributed by atoms with E-state index in [0.29, 0.717) is 12.6 Å². The molecule has 1 aliphatic heterocycles. The van der Waals surface area contributed by atoms with Gasteiger partial charge in [0.25, 0.3) is 5.91 Å². The summed E-state index contributed by atoms with van der Waals surface area (Å²) in [6.45, 7) is 4.20. The van der Waals surface area contributed by atoms with E-state index in [1.54, 1.807) is 0 Å². The second-order valence-corrected chi connectivity index (χ2v) is 5.11. The highest BCUT2D eigenvalue weighted by molar-refractivity contribution is 5.95. The number of nitrogens with one attached hydrogen (secondary N) is 2. The standard InChI is InChI=1S/C14H18F2N2O/c1-8-3-6-11(15)12(13(8)16)14(19)18-10-5-4-9(2)17-7-10/h3,6,9-10,17H,4-5,7H2,1-2H3,(H,18,19). The van der Waals surface area contributed by atoms with Crippen LogP contribution in [0.4, 0.5) is 8.78 Å². The zero-order valence-corrected chi connectivity index (χ0v) is 11.1. The normalized spacial score (nSPS) is 23.2. The first-order chi connectivity index (χ1) is 8.99. The zero-order chi connectivity index (χ0) is 14.0. The van der Waals surface area contributed by atoms with Gasteiger partial charge < -0.3 is 10.6 Å². The molecule has 1 heterocycles. The molecule has 1 amide bonds. The number of rotatable bonds is 2. The van der Waals surface area contributed by atoms with Gasteiger partial charge in [-0.3, -0.25) is 4.79 Å². The Morgan fingerprint density at radius 1 is 1.37 bits per heavy atom. The summed E-state index contributed by atoms with van der Waals surface area (Å²) in [5.74, 6) is -2.28. The van der Waals surface area contributed by atoms with Gasteiger partial charge in [0.15, 0.2) is 0 Å². The Balaban J connectivity index is 2.10. The summed E-state index contributed by atoms with van der Waals surface area (Å²) in [5, 5.41) is 5.91. The molecule has 0 aliphatic carbocycles. The highest BCUT2D eigenvalue weighted by atomic mass is 19.1. The van der Waals surface area contributed by atoms with Crippen LogP contribution in [-0.2, 0) is 0 Å². The molecule has 1 aromatic rings. The minimum Gasteiger partial charge on any atom is -0.348 e. The van der Waals surface area contributed by atoms with Crippen LogP contribution in [-0.4, -0.2) is 24.5 Å². The largest absolute Gasteiger partial charge is 0.348 e. The van der Waals surface area contributed by atoms with Crippen molar-refractivity contribution < 1.29 is 13.6 Å². The van der Waals surface area contributed by atoms with Crippen molar-refractivity contribution in [3.8, 4) is 0 Å². The lowest BCUT2D eigenvalue weighted by molar-refractivity contribution is 0.0919. The number of aryl methyl sites for hydroxylation is 1. The Hall–Kier alpha value is -1.49.